The molecule has 2 heterocycles. The van der Waals surface area contributed by atoms with Crippen molar-refractivity contribution < 1.29 is 0 Å². The molecule has 0 saturated heterocycles. The van der Waals surface area contributed by atoms with E-state index in [9.17, 15) is 9.59 Å². The van der Waals surface area contributed by atoms with Crippen LogP contribution in [0.4, 0.5) is 0 Å². The van der Waals surface area contributed by atoms with E-state index in [2.05, 4.69) is 9.97 Å². The Kier molecular flexibility index (Phi) is 4.06. The van der Waals surface area contributed by atoms with E-state index < -0.39 is 0 Å². The first-order valence-electron chi connectivity index (χ1n) is 7.30. The summed E-state index contributed by atoms with van der Waals surface area (Å²) in [5, 5.41) is 2.14. The molecule has 4 nitrogen and oxygen atoms in total. The number of hydrogen-bond donors (Lipinski definition) is 2. The number of aromatic nitrogens is 2. The van der Waals surface area contributed by atoms with E-state index in [0.717, 1.165) is 27.4 Å². The van der Waals surface area contributed by atoms with Crippen LogP contribution in [-0.4, -0.2) is 9.97 Å². The van der Waals surface area contributed by atoms with Crippen molar-refractivity contribution in [1.29, 1.82) is 0 Å². The van der Waals surface area contributed by atoms with E-state index in [-0.39, 0.29) is 11.1 Å². The van der Waals surface area contributed by atoms with E-state index in [1.165, 1.54) is 6.07 Å². The van der Waals surface area contributed by atoms with Crippen molar-refractivity contribution >= 4 is 21.8 Å². The zero-order valence-electron chi connectivity index (χ0n) is 12.7. The van der Waals surface area contributed by atoms with E-state index in [4.69, 9.17) is 0 Å². The maximum Gasteiger partial charge on any atom is 0.251 e. The molecule has 0 atom stereocenters. The highest BCUT2D eigenvalue weighted by Crippen LogP contribution is 2.09. The Labute approximate surface area is 132 Å². The van der Waals surface area contributed by atoms with Crippen LogP contribution in [0.1, 0.15) is 5.56 Å². The minimum atomic E-state index is -0.0521. The lowest BCUT2D eigenvalue weighted by atomic mass is 10.2. The fraction of sp³-hybridized carbons (Fsp3) is 0.0526. The molecule has 114 valence electrons. The second-order valence-electron chi connectivity index (χ2n) is 5.28. The monoisotopic (exact) mass is 304 g/mol. The normalized spacial score (nSPS) is 10.3. The molecule has 0 spiro atoms. The maximum atomic E-state index is 11.2. The summed E-state index contributed by atoms with van der Waals surface area (Å²) in [6, 6.07) is 20.7. The van der Waals surface area contributed by atoms with Crippen LogP contribution in [0.2, 0.25) is 0 Å². The molecule has 0 radical (unpaired) electrons. The molecule has 0 saturated carbocycles. The van der Waals surface area contributed by atoms with Gasteiger partial charge in [0.05, 0.1) is 0 Å². The van der Waals surface area contributed by atoms with Gasteiger partial charge in [-0.05, 0) is 42.0 Å². The molecule has 4 rings (SSSR count). The largest absolute Gasteiger partial charge is 0.322 e. The molecule has 4 aromatic rings. The van der Waals surface area contributed by atoms with Gasteiger partial charge >= 0.3 is 0 Å². The van der Waals surface area contributed by atoms with Gasteiger partial charge in [0.15, 0.2) is 0 Å². The van der Waals surface area contributed by atoms with Gasteiger partial charge in [0.1, 0.15) is 0 Å². The Morgan fingerprint density at radius 3 is 2.04 bits per heavy atom. The topological polar surface area (TPSA) is 65.7 Å². The SMILES string of the molecule is Cc1cc2ccccc2[nH]c1=O.O=c1ccc2ccccc2[nH]1. The van der Waals surface area contributed by atoms with Gasteiger partial charge in [-0.1, -0.05) is 36.4 Å². The van der Waals surface area contributed by atoms with Crippen LogP contribution in [0.3, 0.4) is 0 Å². The Morgan fingerprint density at radius 1 is 0.696 bits per heavy atom. The summed E-state index contributed by atoms with van der Waals surface area (Å²) in [6.07, 6.45) is 0. The molecule has 0 bridgehead atoms. The minimum Gasteiger partial charge on any atom is -0.322 e. The van der Waals surface area contributed by atoms with Crippen molar-refractivity contribution in [3.05, 3.63) is 93.0 Å². The van der Waals surface area contributed by atoms with E-state index in [0.29, 0.717) is 0 Å². The number of rotatable bonds is 0. The third-order valence-electron chi connectivity index (χ3n) is 3.57. The average Bonchev–Trinajstić information content (AvgIpc) is 2.56. The van der Waals surface area contributed by atoms with Gasteiger partial charge in [0, 0.05) is 22.7 Å². The molecule has 0 fully saturated rings. The molecule has 4 heteroatoms. The van der Waals surface area contributed by atoms with Crippen molar-refractivity contribution in [3.63, 3.8) is 0 Å². The highest BCUT2D eigenvalue weighted by molar-refractivity contribution is 5.78. The van der Waals surface area contributed by atoms with Crippen LogP contribution in [0, 0.1) is 6.92 Å². The molecule has 2 aromatic heterocycles. The number of para-hydroxylation sites is 2. The van der Waals surface area contributed by atoms with Crippen molar-refractivity contribution in [2.24, 2.45) is 0 Å². The van der Waals surface area contributed by atoms with E-state index in [1.54, 1.807) is 0 Å². The van der Waals surface area contributed by atoms with Gasteiger partial charge in [0.25, 0.3) is 5.56 Å². The van der Waals surface area contributed by atoms with Gasteiger partial charge in [-0.3, -0.25) is 9.59 Å². The van der Waals surface area contributed by atoms with Gasteiger partial charge in [0.2, 0.25) is 5.56 Å². The number of benzene rings is 2. The predicted octanol–water partition coefficient (Wildman–Crippen LogP) is 3.36. The van der Waals surface area contributed by atoms with Gasteiger partial charge in [-0.15, -0.1) is 0 Å². The van der Waals surface area contributed by atoms with Crippen LogP contribution in [0.25, 0.3) is 21.8 Å². The molecule has 0 amide bonds. The molecule has 23 heavy (non-hydrogen) atoms. The molecule has 0 aliphatic carbocycles. The van der Waals surface area contributed by atoms with Crippen LogP contribution >= 0.6 is 0 Å². The lowest BCUT2D eigenvalue weighted by Gasteiger charge is -1.97. The Balaban J connectivity index is 0.000000136. The summed E-state index contributed by atoms with van der Waals surface area (Å²) in [6.45, 7) is 1.81. The number of fused-ring (bicyclic) bond motifs is 2. The molecular formula is C19H16N2O2. The lowest BCUT2D eigenvalue weighted by Crippen LogP contribution is -2.08. The first-order valence-corrected chi connectivity index (χ1v) is 7.30. The zero-order chi connectivity index (χ0) is 16.2. The fourth-order valence-electron chi connectivity index (χ4n) is 2.35. The highest BCUT2D eigenvalue weighted by Gasteiger charge is 1.95. The summed E-state index contributed by atoms with van der Waals surface area (Å²) in [4.78, 5) is 27.5. The summed E-state index contributed by atoms with van der Waals surface area (Å²) in [7, 11) is 0. The summed E-state index contributed by atoms with van der Waals surface area (Å²) in [5.41, 5.74) is 2.49. The predicted molar refractivity (Wildman–Crippen MR) is 93.9 cm³/mol. The molecule has 0 aliphatic heterocycles. The Hall–Kier alpha value is -3.14. The Bertz CT molecular complexity index is 1080. The summed E-state index contributed by atoms with van der Waals surface area (Å²) in [5.74, 6) is 0. The van der Waals surface area contributed by atoms with Crippen molar-refractivity contribution in [3.8, 4) is 0 Å². The standard InChI is InChI=1S/C10H9NO.C9H7NO/c1-7-6-8-4-2-3-5-9(8)11-10(7)12;11-9-6-5-7-3-1-2-4-8(7)10-9/h2-6H,1H3,(H,11,12);1-6H,(H,10,11). The second-order valence-corrected chi connectivity index (χ2v) is 5.28. The number of aromatic amines is 2. The van der Waals surface area contributed by atoms with Crippen LogP contribution in [-0.2, 0) is 0 Å². The van der Waals surface area contributed by atoms with Crippen molar-refractivity contribution in [2.45, 2.75) is 6.92 Å². The average molecular weight is 304 g/mol. The first-order chi connectivity index (χ1) is 11.1. The molecule has 2 N–H and O–H groups in total. The highest BCUT2D eigenvalue weighted by atomic mass is 16.1. The van der Waals surface area contributed by atoms with E-state index >= 15 is 0 Å². The number of nitrogens with one attached hydrogen (secondary N) is 2. The minimum absolute atomic E-state index is 0.00583. The fourth-order valence-corrected chi connectivity index (χ4v) is 2.35. The van der Waals surface area contributed by atoms with Crippen LogP contribution in [0.5, 0.6) is 0 Å². The molecule has 2 aromatic carbocycles. The quantitative estimate of drug-likeness (QED) is 0.523. The first kappa shape index (κ1) is 14.8. The van der Waals surface area contributed by atoms with Crippen molar-refractivity contribution in [2.75, 3.05) is 0 Å². The zero-order valence-corrected chi connectivity index (χ0v) is 12.7. The summed E-state index contributed by atoms with van der Waals surface area (Å²) >= 11 is 0. The lowest BCUT2D eigenvalue weighted by molar-refractivity contribution is 1.24. The molecule has 0 unspecified atom stereocenters. The number of pyridine rings is 2. The summed E-state index contributed by atoms with van der Waals surface area (Å²) < 4.78 is 0. The van der Waals surface area contributed by atoms with Gasteiger partial charge < -0.3 is 9.97 Å². The number of hydrogen-bond acceptors (Lipinski definition) is 2. The van der Waals surface area contributed by atoms with Crippen LogP contribution < -0.4 is 11.1 Å². The maximum absolute atomic E-state index is 11.2. The molecular weight excluding hydrogens is 288 g/mol. The third kappa shape index (κ3) is 3.37. The van der Waals surface area contributed by atoms with Gasteiger partial charge in [-0.2, -0.15) is 0 Å². The number of H-pyrrole nitrogens is 2. The number of aryl methyl sites for hydroxylation is 1. The Morgan fingerprint density at radius 2 is 1.30 bits per heavy atom. The van der Waals surface area contributed by atoms with E-state index in [1.807, 2.05) is 67.6 Å². The van der Waals surface area contributed by atoms with Crippen molar-refractivity contribution in [1.82, 2.24) is 9.97 Å². The third-order valence-corrected chi connectivity index (χ3v) is 3.57. The van der Waals surface area contributed by atoms with Gasteiger partial charge in [-0.25, -0.2) is 0 Å². The molecule has 0 aliphatic rings. The smallest absolute Gasteiger partial charge is 0.251 e. The van der Waals surface area contributed by atoms with Crippen LogP contribution in [0.15, 0.2) is 76.3 Å². The second kappa shape index (κ2) is 6.32.